The molecule has 26 heavy (non-hydrogen) atoms. The maximum Gasteiger partial charge on any atom is 0.227 e. The molecular weight excluding hydrogens is 326 g/mol. The van der Waals surface area contributed by atoms with E-state index in [-0.39, 0.29) is 11.8 Å². The molecule has 3 rings (SSSR count). The number of hydrogen-bond donors (Lipinski definition) is 1. The van der Waals surface area contributed by atoms with Crippen molar-refractivity contribution >= 4 is 28.9 Å². The summed E-state index contributed by atoms with van der Waals surface area (Å²) >= 11 is 0. The molecule has 1 N–H and O–H groups in total. The monoisotopic (exact) mass is 351 g/mol. The van der Waals surface area contributed by atoms with Crippen molar-refractivity contribution in [2.45, 2.75) is 25.7 Å². The molecule has 1 fully saturated rings. The van der Waals surface area contributed by atoms with Crippen LogP contribution in [0.15, 0.2) is 48.5 Å². The lowest BCUT2D eigenvalue weighted by Gasteiger charge is -2.16. The minimum Gasteiger partial charge on any atom is -0.378 e. The van der Waals surface area contributed by atoms with Gasteiger partial charge in [-0.2, -0.15) is 0 Å². The Kier molecular flexibility index (Phi) is 5.56. The topological polar surface area (TPSA) is 52.7 Å². The fourth-order valence-corrected chi connectivity index (χ4v) is 3.09. The first-order valence-electron chi connectivity index (χ1n) is 8.99. The van der Waals surface area contributed by atoms with Gasteiger partial charge in [-0.3, -0.25) is 9.59 Å². The molecule has 1 aliphatic rings. The Balaban J connectivity index is 1.50. The second kappa shape index (κ2) is 8.04. The molecule has 136 valence electrons. The third kappa shape index (κ3) is 4.42. The van der Waals surface area contributed by atoms with Gasteiger partial charge in [-0.1, -0.05) is 12.1 Å². The van der Waals surface area contributed by atoms with Gasteiger partial charge in [0.05, 0.1) is 0 Å². The standard InChI is InChI=1S/C21H25N3O2/c1-23(2)18-10-5-16(6-11-18)7-14-20(25)22-17-8-12-19(13-9-17)24-15-3-4-21(24)26/h5-6,8-13H,3-4,7,14-15H2,1-2H3,(H,22,25). The van der Waals surface area contributed by atoms with Gasteiger partial charge in [0.2, 0.25) is 11.8 Å². The predicted molar refractivity (Wildman–Crippen MR) is 106 cm³/mol. The summed E-state index contributed by atoms with van der Waals surface area (Å²) in [6.45, 7) is 0.775. The first-order valence-corrected chi connectivity index (χ1v) is 8.99. The average molecular weight is 351 g/mol. The highest BCUT2D eigenvalue weighted by atomic mass is 16.2. The lowest BCUT2D eigenvalue weighted by Crippen LogP contribution is -2.23. The van der Waals surface area contributed by atoms with Crippen molar-refractivity contribution in [3.05, 3.63) is 54.1 Å². The van der Waals surface area contributed by atoms with Crippen LogP contribution in [-0.4, -0.2) is 32.5 Å². The van der Waals surface area contributed by atoms with Gasteiger partial charge in [-0.25, -0.2) is 0 Å². The van der Waals surface area contributed by atoms with Gasteiger partial charge in [0.1, 0.15) is 0 Å². The zero-order valence-corrected chi connectivity index (χ0v) is 15.4. The van der Waals surface area contributed by atoms with Crippen LogP contribution < -0.4 is 15.1 Å². The molecule has 5 nitrogen and oxygen atoms in total. The minimum absolute atomic E-state index is 0.00770. The van der Waals surface area contributed by atoms with Crippen molar-refractivity contribution in [2.24, 2.45) is 0 Å². The molecule has 0 unspecified atom stereocenters. The quantitative estimate of drug-likeness (QED) is 0.867. The van der Waals surface area contributed by atoms with Crippen molar-refractivity contribution in [3.63, 3.8) is 0 Å². The van der Waals surface area contributed by atoms with Crippen LogP contribution in [0.2, 0.25) is 0 Å². The summed E-state index contributed by atoms with van der Waals surface area (Å²) in [6, 6.07) is 15.7. The van der Waals surface area contributed by atoms with E-state index in [2.05, 4.69) is 34.5 Å². The van der Waals surface area contributed by atoms with Gasteiger partial charge in [0.25, 0.3) is 0 Å². The number of rotatable bonds is 6. The summed E-state index contributed by atoms with van der Waals surface area (Å²) in [4.78, 5) is 27.8. The zero-order chi connectivity index (χ0) is 18.5. The number of aryl methyl sites for hydroxylation is 1. The van der Waals surface area contributed by atoms with Gasteiger partial charge < -0.3 is 15.1 Å². The summed E-state index contributed by atoms with van der Waals surface area (Å²) in [6.07, 6.45) is 2.68. The van der Waals surface area contributed by atoms with Crippen molar-refractivity contribution in [1.29, 1.82) is 0 Å². The number of nitrogens with zero attached hydrogens (tertiary/aromatic N) is 2. The Hall–Kier alpha value is -2.82. The normalized spacial score (nSPS) is 13.8. The smallest absolute Gasteiger partial charge is 0.227 e. The second-order valence-electron chi connectivity index (χ2n) is 6.80. The largest absolute Gasteiger partial charge is 0.378 e. The molecule has 0 aliphatic carbocycles. The molecule has 1 heterocycles. The molecule has 0 saturated carbocycles. The molecule has 1 aliphatic heterocycles. The van der Waals surface area contributed by atoms with Crippen molar-refractivity contribution in [2.75, 3.05) is 35.8 Å². The third-order valence-electron chi connectivity index (χ3n) is 4.63. The van der Waals surface area contributed by atoms with E-state index in [1.165, 1.54) is 0 Å². The van der Waals surface area contributed by atoms with Crippen LogP contribution in [0.25, 0.3) is 0 Å². The summed E-state index contributed by atoms with van der Waals surface area (Å²) in [7, 11) is 4.01. The van der Waals surface area contributed by atoms with Crippen LogP contribution >= 0.6 is 0 Å². The van der Waals surface area contributed by atoms with Gasteiger partial charge in [-0.05, 0) is 54.8 Å². The first kappa shape index (κ1) is 18.0. The summed E-state index contributed by atoms with van der Waals surface area (Å²) in [5.41, 5.74) is 3.95. The number of anilines is 3. The van der Waals surface area contributed by atoms with Crippen molar-refractivity contribution in [3.8, 4) is 0 Å². The van der Waals surface area contributed by atoms with E-state index in [0.29, 0.717) is 19.3 Å². The van der Waals surface area contributed by atoms with Gasteiger partial charge >= 0.3 is 0 Å². The minimum atomic E-state index is -0.00770. The number of hydrogen-bond acceptors (Lipinski definition) is 3. The fraction of sp³-hybridized carbons (Fsp3) is 0.333. The van der Waals surface area contributed by atoms with E-state index in [1.54, 1.807) is 4.90 Å². The highest BCUT2D eigenvalue weighted by molar-refractivity contribution is 5.96. The summed E-state index contributed by atoms with van der Waals surface area (Å²) in [5.74, 6) is 0.161. The van der Waals surface area contributed by atoms with Crippen LogP contribution in [0.3, 0.4) is 0 Å². The average Bonchev–Trinajstić information content (AvgIpc) is 3.07. The maximum atomic E-state index is 12.2. The first-order chi connectivity index (χ1) is 12.5. The van der Waals surface area contributed by atoms with E-state index in [1.807, 2.05) is 38.4 Å². The molecule has 2 aromatic carbocycles. The highest BCUT2D eigenvalue weighted by Gasteiger charge is 2.21. The van der Waals surface area contributed by atoms with Gasteiger partial charge in [0, 0.05) is 50.5 Å². The Labute approximate surface area is 154 Å². The van der Waals surface area contributed by atoms with Crippen molar-refractivity contribution < 1.29 is 9.59 Å². The molecule has 1 saturated heterocycles. The molecule has 0 aromatic heterocycles. The Morgan fingerprint density at radius 1 is 1.08 bits per heavy atom. The molecule has 0 radical (unpaired) electrons. The van der Waals surface area contributed by atoms with Crippen LogP contribution in [-0.2, 0) is 16.0 Å². The summed E-state index contributed by atoms with van der Waals surface area (Å²) in [5, 5.41) is 2.92. The lowest BCUT2D eigenvalue weighted by molar-refractivity contribution is -0.117. The molecule has 2 amide bonds. The molecule has 5 heteroatoms. The number of carbonyl (C=O) groups is 2. The lowest BCUT2D eigenvalue weighted by atomic mass is 10.1. The fourth-order valence-electron chi connectivity index (χ4n) is 3.09. The molecular formula is C21H25N3O2. The van der Waals surface area contributed by atoms with Crippen LogP contribution in [0.1, 0.15) is 24.8 Å². The molecule has 0 spiro atoms. The van der Waals surface area contributed by atoms with E-state index in [0.717, 1.165) is 35.6 Å². The maximum absolute atomic E-state index is 12.2. The van der Waals surface area contributed by atoms with E-state index < -0.39 is 0 Å². The number of carbonyl (C=O) groups excluding carboxylic acids is 2. The molecule has 2 aromatic rings. The zero-order valence-electron chi connectivity index (χ0n) is 15.4. The number of nitrogens with one attached hydrogen (secondary N) is 1. The van der Waals surface area contributed by atoms with Crippen LogP contribution in [0.4, 0.5) is 17.1 Å². The number of amides is 2. The summed E-state index contributed by atoms with van der Waals surface area (Å²) < 4.78 is 0. The Morgan fingerprint density at radius 3 is 2.35 bits per heavy atom. The second-order valence-corrected chi connectivity index (χ2v) is 6.80. The van der Waals surface area contributed by atoms with Crippen LogP contribution in [0, 0.1) is 0 Å². The van der Waals surface area contributed by atoms with E-state index in [9.17, 15) is 9.59 Å². The van der Waals surface area contributed by atoms with E-state index >= 15 is 0 Å². The highest BCUT2D eigenvalue weighted by Crippen LogP contribution is 2.23. The SMILES string of the molecule is CN(C)c1ccc(CCC(=O)Nc2ccc(N3CCCC3=O)cc2)cc1. The Bertz CT molecular complexity index is 767. The van der Waals surface area contributed by atoms with Gasteiger partial charge in [-0.15, -0.1) is 0 Å². The van der Waals surface area contributed by atoms with Crippen molar-refractivity contribution in [1.82, 2.24) is 0 Å². The van der Waals surface area contributed by atoms with E-state index in [4.69, 9.17) is 0 Å². The molecule has 0 atom stereocenters. The van der Waals surface area contributed by atoms with Gasteiger partial charge in [0.15, 0.2) is 0 Å². The van der Waals surface area contributed by atoms with Crippen LogP contribution in [0.5, 0.6) is 0 Å². The number of benzene rings is 2. The molecule has 0 bridgehead atoms. The predicted octanol–water partition coefficient (Wildman–Crippen LogP) is 3.45. The third-order valence-corrected chi connectivity index (χ3v) is 4.63. The Morgan fingerprint density at radius 2 is 1.77 bits per heavy atom.